The number of amides is 1. The number of anilines is 1. The van der Waals surface area contributed by atoms with E-state index in [4.69, 9.17) is 0 Å². The summed E-state index contributed by atoms with van der Waals surface area (Å²) in [6.45, 7) is 3.05. The molecule has 2 aromatic rings. The first-order valence-electron chi connectivity index (χ1n) is 8.06. The maximum Gasteiger partial charge on any atom is 0.242 e. The summed E-state index contributed by atoms with van der Waals surface area (Å²) >= 11 is 1.72. The van der Waals surface area contributed by atoms with Gasteiger partial charge in [0.1, 0.15) is 23.0 Å². The maximum absolute atomic E-state index is 12.5. The van der Waals surface area contributed by atoms with Gasteiger partial charge in [-0.2, -0.15) is 0 Å². The van der Waals surface area contributed by atoms with Crippen LogP contribution in [0.15, 0.2) is 12.4 Å². The van der Waals surface area contributed by atoms with E-state index in [1.54, 1.807) is 17.7 Å². The molecule has 5 nitrogen and oxygen atoms in total. The lowest BCUT2D eigenvalue weighted by molar-refractivity contribution is -0.122. The van der Waals surface area contributed by atoms with Gasteiger partial charge in [-0.25, -0.2) is 9.97 Å². The van der Waals surface area contributed by atoms with Gasteiger partial charge in [0.05, 0.1) is 5.39 Å². The van der Waals surface area contributed by atoms with Crippen molar-refractivity contribution >= 4 is 33.3 Å². The van der Waals surface area contributed by atoms with Crippen LogP contribution in [0.2, 0.25) is 0 Å². The van der Waals surface area contributed by atoms with Crippen molar-refractivity contribution < 1.29 is 4.79 Å². The van der Waals surface area contributed by atoms with Gasteiger partial charge in [0.25, 0.3) is 0 Å². The minimum absolute atomic E-state index is 0.0799. The maximum atomic E-state index is 12.5. The molecular weight excluding hydrogens is 296 g/mol. The average Bonchev–Trinajstić information content (AvgIpc) is 3.06. The quantitative estimate of drug-likeness (QED) is 0.941. The molecule has 1 saturated heterocycles. The van der Waals surface area contributed by atoms with E-state index in [0.717, 1.165) is 54.7 Å². The molecule has 6 heteroatoms. The molecule has 0 radical (unpaired) electrons. The molecule has 22 heavy (non-hydrogen) atoms. The van der Waals surface area contributed by atoms with Crippen LogP contribution in [-0.4, -0.2) is 34.5 Å². The fraction of sp³-hybridized carbons (Fsp3) is 0.562. The van der Waals surface area contributed by atoms with Crippen LogP contribution < -0.4 is 10.2 Å². The van der Waals surface area contributed by atoms with Crippen molar-refractivity contribution in [3.63, 3.8) is 0 Å². The van der Waals surface area contributed by atoms with Gasteiger partial charge in [-0.15, -0.1) is 11.3 Å². The Morgan fingerprint density at radius 1 is 1.41 bits per heavy atom. The molecule has 2 aliphatic rings. The molecule has 1 aliphatic heterocycles. The number of aryl methyl sites for hydroxylation is 1. The summed E-state index contributed by atoms with van der Waals surface area (Å²) in [5, 5.41) is 4.23. The number of aromatic nitrogens is 2. The molecule has 1 aliphatic carbocycles. The number of thiophene rings is 1. The summed E-state index contributed by atoms with van der Waals surface area (Å²) in [4.78, 5) is 25.9. The fourth-order valence-corrected chi connectivity index (χ4v) is 4.04. The van der Waals surface area contributed by atoms with Gasteiger partial charge in [0.2, 0.25) is 5.91 Å². The molecule has 1 N–H and O–H groups in total. The van der Waals surface area contributed by atoms with E-state index in [-0.39, 0.29) is 11.9 Å². The van der Waals surface area contributed by atoms with E-state index in [2.05, 4.69) is 33.2 Å². The Balaban J connectivity index is 1.67. The molecule has 0 unspecified atom stereocenters. The Bertz CT molecular complexity index is 709. The number of hydrogen-bond acceptors (Lipinski definition) is 5. The van der Waals surface area contributed by atoms with E-state index >= 15 is 0 Å². The lowest BCUT2D eigenvalue weighted by Crippen LogP contribution is -2.44. The molecule has 0 aromatic carbocycles. The largest absolute Gasteiger partial charge is 0.352 e. The van der Waals surface area contributed by atoms with E-state index < -0.39 is 0 Å². The van der Waals surface area contributed by atoms with Gasteiger partial charge in [-0.1, -0.05) is 6.92 Å². The van der Waals surface area contributed by atoms with Crippen molar-refractivity contribution in [3.8, 4) is 0 Å². The second-order valence-corrected chi connectivity index (χ2v) is 7.23. The molecule has 2 aromatic heterocycles. The number of hydrogen-bond donors (Lipinski definition) is 1. The summed E-state index contributed by atoms with van der Waals surface area (Å²) in [5.41, 5.74) is 0. The molecule has 116 valence electrons. The van der Waals surface area contributed by atoms with E-state index in [1.807, 2.05) is 0 Å². The van der Waals surface area contributed by atoms with Gasteiger partial charge in [-0.3, -0.25) is 4.79 Å². The van der Waals surface area contributed by atoms with Gasteiger partial charge in [-0.05, 0) is 38.2 Å². The van der Waals surface area contributed by atoms with Crippen LogP contribution >= 0.6 is 11.3 Å². The highest BCUT2D eigenvalue weighted by Gasteiger charge is 2.35. The molecule has 0 bridgehead atoms. The standard InChI is InChI=1S/C16H20N4OS/c1-2-11-8-12-14(17-9-18-16(12)22-11)20-7-3-4-13(20)15(21)19-10-5-6-10/h8-10,13H,2-7H2,1H3,(H,19,21)/t13-/m1/s1. The normalized spacial score (nSPS) is 21.5. The van der Waals surface area contributed by atoms with Crippen LogP contribution in [0.4, 0.5) is 5.82 Å². The first kappa shape index (κ1) is 13.9. The Kier molecular flexibility index (Phi) is 3.48. The summed E-state index contributed by atoms with van der Waals surface area (Å²) in [6.07, 6.45) is 6.84. The third-order valence-corrected chi connectivity index (χ3v) is 5.65. The monoisotopic (exact) mass is 316 g/mol. The summed E-state index contributed by atoms with van der Waals surface area (Å²) < 4.78 is 0. The number of carbonyl (C=O) groups is 1. The van der Waals surface area contributed by atoms with E-state index in [0.29, 0.717) is 6.04 Å². The molecular formula is C16H20N4OS. The minimum Gasteiger partial charge on any atom is -0.352 e. The summed E-state index contributed by atoms with van der Waals surface area (Å²) in [7, 11) is 0. The minimum atomic E-state index is -0.0799. The van der Waals surface area contributed by atoms with Crippen molar-refractivity contribution in [2.45, 2.75) is 51.1 Å². The topological polar surface area (TPSA) is 58.1 Å². The molecule has 3 heterocycles. The highest BCUT2D eigenvalue weighted by atomic mass is 32.1. The predicted octanol–water partition coefficient (Wildman–Crippen LogP) is 2.50. The highest BCUT2D eigenvalue weighted by Crippen LogP contribution is 2.34. The second kappa shape index (κ2) is 5.50. The summed E-state index contributed by atoms with van der Waals surface area (Å²) in [5.74, 6) is 1.09. The van der Waals surface area contributed by atoms with Crippen LogP contribution in [0, 0.1) is 0 Å². The molecule has 4 rings (SSSR count). The van der Waals surface area contributed by atoms with Crippen molar-refractivity contribution in [2.24, 2.45) is 0 Å². The smallest absolute Gasteiger partial charge is 0.242 e. The Labute approximate surface area is 133 Å². The molecule has 2 fully saturated rings. The Morgan fingerprint density at radius 3 is 3.05 bits per heavy atom. The molecule has 1 atom stereocenters. The third kappa shape index (κ3) is 2.45. The van der Waals surface area contributed by atoms with Gasteiger partial charge in [0, 0.05) is 17.5 Å². The number of rotatable bonds is 4. The third-order valence-electron chi connectivity index (χ3n) is 4.46. The van der Waals surface area contributed by atoms with Crippen molar-refractivity contribution in [2.75, 3.05) is 11.4 Å². The van der Waals surface area contributed by atoms with Crippen LogP contribution in [-0.2, 0) is 11.2 Å². The van der Waals surface area contributed by atoms with E-state index in [9.17, 15) is 4.79 Å². The molecule has 0 spiro atoms. The lowest BCUT2D eigenvalue weighted by Gasteiger charge is -2.25. The SMILES string of the molecule is CCc1cc2c(N3CCC[C@@H]3C(=O)NC3CC3)ncnc2s1. The number of fused-ring (bicyclic) bond motifs is 1. The second-order valence-electron chi connectivity index (χ2n) is 6.12. The number of nitrogens with one attached hydrogen (secondary N) is 1. The van der Waals surface area contributed by atoms with Crippen LogP contribution in [0.5, 0.6) is 0 Å². The zero-order valence-electron chi connectivity index (χ0n) is 12.7. The Morgan fingerprint density at radius 2 is 2.27 bits per heavy atom. The molecule has 1 saturated carbocycles. The van der Waals surface area contributed by atoms with Gasteiger partial charge < -0.3 is 10.2 Å². The van der Waals surface area contributed by atoms with Gasteiger partial charge in [0.15, 0.2) is 0 Å². The highest BCUT2D eigenvalue weighted by molar-refractivity contribution is 7.18. The first-order chi connectivity index (χ1) is 10.8. The van der Waals surface area contributed by atoms with Crippen molar-refractivity contribution in [1.29, 1.82) is 0 Å². The fourth-order valence-electron chi connectivity index (χ4n) is 3.11. The van der Waals surface area contributed by atoms with Crippen molar-refractivity contribution in [3.05, 3.63) is 17.3 Å². The van der Waals surface area contributed by atoms with Gasteiger partial charge >= 0.3 is 0 Å². The predicted molar refractivity (Wildman–Crippen MR) is 88.3 cm³/mol. The molecule has 1 amide bonds. The zero-order chi connectivity index (χ0) is 15.1. The van der Waals surface area contributed by atoms with Crippen LogP contribution in [0.3, 0.4) is 0 Å². The van der Waals surface area contributed by atoms with Crippen LogP contribution in [0.1, 0.15) is 37.5 Å². The number of nitrogens with zero attached hydrogens (tertiary/aromatic N) is 3. The average molecular weight is 316 g/mol. The van der Waals surface area contributed by atoms with Crippen LogP contribution in [0.25, 0.3) is 10.2 Å². The Hall–Kier alpha value is -1.69. The first-order valence-corrected chi connectivity index (χ1v) is 8.88. The lowest BCUT2D eigenvalue weighted by atomic mass is 10.2. The van der Waals surface area contributed by atoms with Crippen molar-refractivity contribution in [1.82, 2.24) is 15.3 Å². The van der Waals surface area contributed by atoms with E-state index in [1.165, 1.54) is 4.88 Å². The summed E-state index contributed by atoms with van der Waals surface area (Å²) in [6, 6.07) is 2.51. The zero-order valence-corrected chi connectivity index (χ0v) is 13.5. The number of carbonyl (C=O) groups excluding carboxylic acids is 1.